The molecule has 0 aliphatic carbocycles. The predicted octanol–water partition coefficient (Wildman–Crippen LogP) is -1.75. The van der Waals surface area contributed by atoms with Crippen LogP contribution in [0.3, 0.4) is 0 Å². The first-order chi connectivity index (χ1) is 6.04. The van der Waals surface area contributed by atoms with E-state index < -0.39 is 34.9 Å². The smallest absolute Gasteiger partial charge is 0.394 e. The van der Waals surface area contributed by atoms with Gasteiger partial charge in [-0.05, 0) is 0 Å². The Morgan fingerprint density at radius 1 is 1.14 bits per heavy atom. The Kier molecular flexibility index (Phi) is 6.82. The molecule has 0 aromatic rings. The van der Waals surface area contributed by atoms with Gasteiger partial charge in [-0.1, -0.05) is 0 Å². The summed E-state index contributed by atoms with van der Waals surface area (Å²) in [6.45, 7) is 0. The van der Waals surface area contributed by atoms with Crippen LogP contribution in [0.5, 0.6) is 0 Å². The SMILES string of the molecule is O=C(O)CC(O)C(=O)O.O=S(=O)(O)O. The van der Waals surface area contributed by atoms with Crippen LogP contribution in [0.1, 0.15) is 6.42 Å². The van der Waals surface area contributed by atoms with Crippen LogP contribution in [0.25, 0.3) is 0 Å². The normalized spacial score (nSPS) is 12.2. The summed E-state index contributed by atoms with van der Waals surface area (Å²) < 4.78 is 31.6. The van der Waals surface area contributed by atoms with Gasteiger partial charge in [-0.15, -0.1) is 0 Å². The fourth-order valence-corrected chi connectivity index (χ4v) is 0.253. The topological polar surface area (TPSA) is 169 Å². The minimum atomic E-state index is -4.67. The summed E-state index contributed by atoms with van der Waals surface area (Å²) in [5.41, 5.74) is 0. The molecule has 1 unspecified atom stereocenters. The van der Waals surface area contributed by atoms with Crippen LogP contribution in [0.4, 0.5) is 0 Å². The zero-order valence-electron chi connectivity index (χ0n) is 6.56. The lowest BCUT2D eigenvalue weighted by Gasteiger charge is -1.97. The number of aliphatic carboxylic acids is 2. The zero-order chi connectivity index (χ0) is 11.9. The lowest BCUT2D eigenvalue weighted by molar-refractivity contribution is -0.152. The molecule has 0 aromatic carbocycles. The number of carboxylic acids is 2. The Balaban J connectivity index is 0. The quantitative estimate of drug-likeness (QED) is 0.354. The number of aliphatic hydroxyl groups excluding tert-OH is 1. The van der Waals surface area contributed by atoms with Gasteiger partial charge in [0.1, 0.15) is 0 Å². The van der Waals surface area contributed by atoms with Gasteiger partial charge in [0.15, 0.2) is 6.10 Å². The van der Waals surface area contributed by atoms with E-state index in [0.29, 0.717) is 0 Å². The van der Waals surface area contributed by atoms with Crippen LogP contribution in [0.2, 0.25) is 0 Å². The Labute approximate surface area is 78.2 Å². The first-order valence-corrected chi connectivity index (χ1v) is 4.26. The van der Waals surface area contributed by atoms with Crippen molar-refractivity contribution in [2.75, 3.05) is 0 Å². The minimum Gasteiger partial charge on any atom is -0.481 e. The zero-order valence-corrected chi connectivity index (χ0v) is 7.38. The number of aliphatic hydroxyl groups is 1. The summed E-state index contributed by atoms with van der Waals surface area (Å²) in [7, 11) is -4.67. The van der Waals surface area contributed by atoms with Gasteiger partial charge < -0.3 is 15.3 Å². The van der Waals surface area contributed by atoms with Gasteiger partial charge in [0.05, 0.1) is 6.42 Å². The van der Waals surface area contributed by atoms with Crippen molar-refractivity contribution in [2.45, 2.75) is 12.5 Å². The summed E-state index contributed by atoms with van der Waals surface area (Å²) in [5, 5.41) is 24.1. The van der Waals surface area contributed by atoms with Crippen molar-refractivity contribution >= 4 is 22.3 Å². The highest BCUT2D eigenvalue weighted by atomic mass is 32.3. The molecular weight excluding hydrogens is 224 g/mol. The average molecular weight is 232 g/mol. The van der Waals surface area contributed by atoms with E-state index >= 15 is 0 Å². The van der Waals surface area contributed by atoms with Crippen molar-refractivity contribution in [1.29, 1.82) is 0 Å². The van der Waals surface area contributed by atoms with Gasteiger partial charge in [-0.25, -0.2) is 4.79 Å². The molecule has 14 heavy (non-hydrogen) atoms. The number of hydrogen-bond donors (Lipinski definition) is 5. The molecule has 84 valence electrons. The highest BCUT2D eigenvalue weighted by molar-refractivity contribution is 7.79. The molecule has 0 aliphatic rings. The molecule has 0 radical (unpaired) electrons. The third kappa shape index (κ3) is 22.4. The van der Waals surface area contributed by atoms with Crippen LogP contribution < -0.4 is 0 Å². The Morgan fingerprint density at radius 3 is 1.50 bits per heavy atom. The van der Waals surface area contributed by atoms with Crippen LogP contribution in [0.15, 0.2) is 0 Å². The fourth-order valence-electron chi connectivity index (χ4n) is 0.253. The van der Waals surface area contributed by atoms with E-state index in [4.69, 9.17) is 32.8 Å². The van der Waals surface area contributed by atoms with E-state index in [9.17, 15) is 9.59 Å². The van der Waals surface area contributed by atoms with Crippen molar-refractivity contribution in [3.05, 3.63) is 0 Å². The second-order valence-electron chi connectivity index (χ2n) is 1.90. The molecule has 0 fully saturated rings. The maximum atomic E-state index is 9.72. The summed E-state index contributed by atoms with van der Waals surface area (Å²) in [6.07, 6.45) is -2.54. The first-order valence-electron chi connectivity index (χ1n) is 2.86. The predicted molar refractivity (Wildman–Crippen MR) is 40.1 cm³/mol. The Bertz CT molecular complexity index is 282. The molecule has 10 heteroatoms. The van der Waals surface area contributed by atoms with Crippen molar-refractivity contribution in [3.8, 4) is 0 Å². The molecule has 9 nitrogen and oxygen atoms in total. The molecule has 0 rings (SSSR count). The second-order valence-corrected chi connectivity index (χ2v) is 2.80. The number of carboxylic acid groups (broad SMARTS) is 2. The van der Waals surface area contributed by atoms with Crippen LogP contribution in [-0.4, -0.2) is 50.9 Å². The van der Waals surface area contributed by atoms with Gasteiger partial charge in [-0.3, -0.25) is 13.9 Å². The van der Waals surface area contributed by atoms with E-state index in [1.54, 1.807) is 0 Å². The summed E-state index contributed by atoms with van der Waals surface area (Å²) in [4.78, 5) is 19.4. The van der Waals surface area contributed by atoms with Crippen LogP contribution in [-0.2, 0) is 20.0 Å². The van der Waals surface area contributed by atoms with Crippen molar-refractivity contribution in [2.24, 2.45) is 0 Å². The second kappa shape index (κ2) is 6.26. The fraction of sp³-hybridized carbons (Fsp3) is 0.500. The molecule has 0 heterocycles. The van der Waals surface area contributed by atoms with Crippen molar-refractivity contribution in [3.63, 3.8) is 0 Å². The number of hydrogen-bond acceptors (Lipinski definition) is 5. The molecule has 0 bridgehead atoms. The summed E-state index contributed by atoms with van der Waals surface area (Å²) >= 11 is 0. The van der Waals surface area contributed by atoms with Gasteiger partial charge >= 0.3 is 22.3 Å². The lowest BCUT2D eigenvalue weighted by atomic mass is 10.3. The third-order valence-corrected chi connectivity index (χ3v) is 0.653. The van der Waals surface area contributed by atoms with Gasteiger partial charge in [-0.2, -0.15) is 8.42 Å². The molecule has 0 amide bonds. The minimum absolute atomic E-state index is 0.755. The maximum absolute atomic E-state index is 9.72. The highest BCUT2D eigenvalue weighted by Gasteiger charge is 2.16. The number of carbonyl (C=O) groups is 2. The number of rotatable bonds is 3. The summed E-state index contributed by atoms with van der Waals surface area (Å²) in [5.74, 6) is -2.85. The van der Waals surface area contributed by atoms with E-state index in [1.165, 1.54) is 0 Å². The van der Waals surface area contributed by atoms with Crippen LogP contribution in [0, 0.1) is 0 Å². The largest absolute Gasteiger partial charge is 0.481 e. The lowest BCUT2D eigenvalue weighted by Crippen LogP contribution is -2.22. The Hall–Kier alpha value is -1.23. The molecule has 0 aromatic heterocycles. The van der Waals surface area contributed by atoms with Gasteiger partial charge in [0, 0.05) is 0 Å². The summed E-state index contributed by atoms with van der Waals surface area (Å²) in [6, 6.07) is 0. The average Bonchev–Trinajstić information content (AvgIpc) is 1.80. The van der Waals surface area contributed by atoms with E-state index in [0.717, 1.165) is 0 Å². The van der Waals surface area contributed by atoms with Crippen molar-refractivity contribution < 1.29 is 42.4 Å². The monoisotopic (exact) mass is 232 g/mol. The third-order valence-electron chi connectivity index (χ3n) is 0.653. The van der Waals surface area contributed by atoms with Crippen LogP contribution >= 0.6 is 0 Å². The Morgan fingerprint density at radius 2 is 1.43 bits per heavy atom. The molecular formula is C4H8O9S. The first kappa shape index (κ1) is 15.3. The van der Waals surface area contributed by atoms with Gasteiger partial charge in [0.2, 0.25) is 0 Å². The molecule has 0 saturated heterocycles. The molecule has 0 spiro atoms. The van der Waals surface area contributed by atoms with Crippen molar-refractivity contribution in [1.82, 2.24) is 0 Å². The molecule has 0 aliphatic heterocycles. The van der Waals surface area contributed by atoms with E-state index in [-0.39, 0.29) is 0 Å². The van der Waals surface area contributed by atoms with E-state index in [2.05, 4.69) is 0 Å². The molecule has 0 saturated carbocycles. The standard InChI is InChI=1S/C4H6O5.H2O4S/c5-2(4(8)9)1-3(6)7;1-5(2,3)4/h2,5H,1H2,(H,6,7)(H,8,9);(H2,1,2,3,4). The maximum Gasteiger partial charge on any atom is 0.394 e. The van der Waals surface area contributed by atoms with Gasteiger partial charge in [0.25, 0.3) is 0 Å². The highest BCUT2D eigenvalue weighted by Crippen LogP contribution is 1.89. The van der Waals surface area contributed by atoms with E-state index in [1.807, 2.05) is 0 Å². The molecule has 1 atom stereocenters. The molecule has 5 N–H and O–H groups in total.